The zero-order valence-electron chi connectivity index (χ0n) is 38.5. The number of rotatable bonds is 43. The number of quaternary nitrogens is 1. The molecule has 0 aliphatic heterocycles. The molecule has 0 aromatic rings. The Morgan fingerprint density at radius 1 is 0.534 bits per heavy atom. The summed E-state index contributed by atoms with van der Waals surface area (Å²) < 4.78 is 17.3. The molecule has 0 aliphatic carbocycles. The van der Waals surface area contributed by atoms with Gasteiger partial charge >= 0.3 is 17.9 Å². The molecule has 58 heavy (non-hydrogen) atoms. The molecule has 0 spiro atoms. The highest BCUT2D eigenvalue weighted by Gasteiger charge is 2.31. The number of allylic oxidation sites excluding steroid dienone is 6. The van der Waals surface area contributed by atoms with Gasteiger partial charge < -0.3 is 23.8 Å². The van der Waals surface area contributed by atoms with Crippen LogP contribution < -0.4 is 0 Å². The van der Waals surface area contributed by atoms with E-state index in [1.807, 2.05) is 21.1 Å². The first-order valence-corrected chi connectivity index (χ1v) is 24.0. The third-order valence-corrected chi connectivity index (χ3v) is 10.8. The first-order chi connectivity index (χ1) is 28.1. The molecule has 0 aliphatic rings. The lowest BCUT2D eigenvalue weighted by Gasteiger charge is -2.31. The van der Waals surface area contributed by atoms with Crippen molar-refractivity contribution in [2.24, 2.45) is 0 Å². The molecule has 2 unspecified atom stereocenters. The number of carbonyl (C=O) groups is 3. The molecule has 0 saturated carbocycles. The molecule has 1 N–H and O–H groups in total. The lowest BCUT2D eigenvalue weighted by molar-refractivity contribution is -0.887. The summed E-state index contributed by atoms with van der Waals surface area (Å²) in [6.45, 7) is 4.64. The zero-order valence-corrected chi connectivity index (χ0v) is 38.5. The molecule has 0 amide bonds. The Morgan fingerprint density at radius 2 is 0.966 bits per heavy atom. The van der Waals surface area contributed by atoms with Gasteiger partial charge in [-0.1, -0.05) is 166 Å². The second kappa shape index (κ2) is 41.3. The smallest absolute Gasteiger partial charge is 0.362 e. The van der Waals surface area contributed by atoms with Crippen molar-refractivity contribution in [3.63, 3.8) is 0 Å². The van der Waals surface area contributed by atoms with E-state index < -0.39 is 18.1 Å². The highest BCUT2D eigenvalue weighted by Crippen LogP contribution is 2.15. The van der Waals surface area contributed by atoms with E-state index in [2.05, 4.69) is 50.3 Å². The summed E-state index contributed by atoms with van der Waals surface area (Å²) in [4.78, 5) is 37.0. The van der Waals surface area contributed by atoms with Crippen LogP contribution in [0.1, 0.15) is 213 Å². The van der Waals surface area contributed by atoms with E-state index in [-0.39, 0.29) is 36.2 Å². The minimum absolute atomic E-state index is 0.0555. The normalized spacial score (nSPS) is 13.2. The van der Waals surface area contributed by atoms with Gasteiger partial charge in [0.25, 0.3) is 0 Å². The Bertz CT molecular complexity index is 1050. The Labute approximate surface area is 357 Å². The number of carbonyl (C=O) groups excluding carboxylic acids is 2. The molecule has 0 rings (SSSR count). The summed E-state index contributed by atoms with van der Waals surface area (Å²) in [7, 11) is 5.53. The van der Waals surface area contributed by atoms with Gasteiger partial charge in [-0.2, -0.15) is 0 Å². The van der Waals surface area contributed by atoms with Crippen LogP contribution in [0.2, 0.25) is 0 Å². The van der Waals surface area contributed by atoms with Gasteiger partial charge in [0, 0.05) is 19.3 Å². The van der Waals surface area contributed by atoms with Crippen molar-refractivity contribution in [1.29, 1.82) is 0 Å². The Hall–Kier alpha value is -2.45. The maximum atomic E-state index is 12.8. The third-order valence-electron chi connectivity index (χ3n) is 10.8. The van der Waals surface area contributed by atoms with Crippen LogP contribution >= 0.6 is 0 Å². The number of ether oxygens (including phenoxy) is 3. The minimum atomic E-state index is -0.876. The predicted molar refractivity (Wildman–Crippen MR) is 243 cm³/mol. The van der Waals surface area contributed by atoms with Crippen molar-refractivity contribution in [2.45, 2.75) is 225 Å². The topological polar surface area (TPSA) is 99.1 Å². The predicted octanol–water partition coefficient (Wildman–Crippen LogP) is 13.4. The van der Waals surface area contributed by atoms with Gasteiger partial charge in [-0.15, -0.1) is 0 Å². The molecule has 2 atom stereocenters. The van der Waals surface area contributed by atoms with Crippen LogP contribution in [0.3, 0.4) is 0 Å². The summed E-state index contributed by atoms with van der Waals surface area (Å²) in [6, 6.07) is -0.616. The third kappa shape index (κ3) is 39.0. The maximum Gasteiger partial charge on any atom is 0.362 e. The number of hydrogen-bond donors (Lipinski definition) is 1. The summed E-state index contributed by atoms with van der Waals surface area (Å²) in [5.74, 6) is -1.48. The fourth-order valence-electron chi connectivity index (χ4n) is 7.07. The van der Waals surface area contributed by atoms with Gasteiger partial charge in [-0.05, 0) is 64.2 Å². The molecule has 8 nitrogen and oxygen atoms in total. The van der Waals surface area contributed by atoms with E-state index >= 15 is 0 Å². The van der Waals surface area contributed by atoms with Crippen LogP contribution in [0.15, 0.2) is 36.5 Å². The quantitative estimate of drug-likeness (QED) is 0.0283. The van der Waals surface area contributed by atoms with Gasteiger partial charge in [-0.25, -0.2) is 4.79 Å². The monoisotopic (exact) mass is 819 g/mol. The zero-order chi connectivity index (χ0) is 42.8. The van der Waals surface area contributed by atoms with E-state index in [0.717, 1.165) is 57.8 Å². The first-order valence-electron chi connectivity index (χ1n) is 24.0. The maximum absolute atomic E-state index is 12.8. The summed E-state index contributed by atoms with van der Waals surface area (Å²) in [5, 5.41) is 9.63. The number of carboxylic acids is 1. The highest BCUT2D eigenvalue weighted by atomic mass is 16.6. The summed E-state index contributed by atoms with van der Waals surface area (Å²) in [5.41, 5.74) is 0. The van der Waals surface area contributed by atoms with Crippen molar-refractivity contribution in [3.05, 3.63) is 36.5 Å². The molecule has 0 bridgehead atoms. The van der Waals surface area contributed by atoms with Crippen molar-refractivity contribution >= 4 is 17.9 Å². The second-order valence-corrected chi connectivity index (χ2v) is 17.3. The first kappa shape index (κ1) is 55.5. The molecular weight excluding hydrogens is 727 g/mol. The van der Waals surface area contributed by atoms with E-state index in [9.17, 15) is 19.5 Å². The standard InChI is InChI=1S/C50H91NO7/c1-6-8-10-12-14-16-18-20-22-23-24-25-26-27-29-31-33-35-37-39-41-49(53)58-46(44-56-43-42-47(50(54)55)51(3,4)5)45-57-48(52)40-38-36-34-32-30-28-21-19-17-15-13-11-9-7-2/h9,11,15,17,24-25,46-47H,6-8,10,12-14,16,18-23,26-45H2,1-5H3/p+1/b11-9+,17-15+,25-24+. The van der Waals surface area contributed by atoms with Crippen LogP contribution in [0, 0.1) is 0 Å². The van der Waals surface area contributed by atoms with E-state index in [0.29, 0.717) is 19.3 Å². The summed E-state index contributed by atoms with van der Waals surface area (Å²) in [6.07, 6.45) is 47.6. The number of esters is 2. The van der Waals surface area contributed by atoms with Crippen LogP contribution in [-0.4, -0.2) is 80.6 Å². The lowest BCUT2D eigenvalue weighted by atomic mass is 10.1. The Kier molecular flexibility index (Phi) is 39.5. The number of hydrogen-bond acceptors (Lipinski definition) is 6. The highest BCUT2D eigenvalue weighted by molar-refractivity contribution is 5.72. The molecule has 0 saturated heterocycles. The van der Waals surface area contributed by atoms with Gasteiger partial charge in [-0.3, -0.25) is 9.59 Å². The van der Waals surface area contributed by atoms with Crippen molar-refractivity contribution in [3.8, 4) is 0 Å². The van der Waals surface area contributed by atoms with Crippen LogP contribution in [0.25, 0.3) is 0 Å². The van der Waals surface area contributed by atoms with E-state index in [4.69, 9.17) is 14.2 Å². The van der Waals surface area contributed by atoms with Crippen LogP contribution in [-0.2, 0) is 28.6 Å². The molecule has 8 heteroatoms. The molecule has 0 radical (unpaired) electrons. The van der Waals surface area contributed by atoms with Gasteiger partial charge in [0.15, 0.2) is 12.1 Å². The average molecular weight is 819 g/mol. The number of aliphatic carboxylic acids is 1. The van der Waals surface area contributed by atoms with Crippen LogP contribution in [0.4, 0.5) is 0 Å². The largest absolute Gasteiger partial charge is 0.477 e. The van der Waals surface area contributed by atoms with Crippen molar-refractivity contribution in [1.82, 2.24) is 0 Å². The molecule has 338 valence electrons. The number of carboxylic acid groups (broad SMARTS) is 1. The SMILES string of the molecule is CC/C=C/C/C=C/CCCCCCCCCC(=O)OCC(COCCC(C(=O)O)[N+](C)(C)C)OC(=O)CCCCCCCCC/C=C/CCCCCCCCCCC. The summed E-state index contributed by atoms with van der Waals surface area (Å²) >= 11 is 0. The molecule has 0 heterocycles. The molecule has 0 fully saturated rings. The van der Waals surface area contributed by atoms with Gasteiger partial charge in [0.05, 0.1) is 34.4 Å². The van der Waals surface area contributed by atoms with E-state index in [1.54, 1.807) is 0 Å². The number of unbranched alkanes of at least 4 members (excludes halogenated alkanes) is 23. The Balaban J connectivity index is 4.27. The van der Waals surface area contributed by atoms with Crippen molar-refractivity contribution < 1.29 is 38.2 Å². The van der Waals surface area contributed by atoms with Gasteiger partial charge in [0.1, 0.15) is 6.61 Å². The molecule has 0 aromatic heterocycles. The molecular formula is C50H92NO7+. The van der Waals surface area contributed by atoms with E-state index in [1.165, 1.54) is 122 Å². The fourth-order valence-corrected chi connectivity index (χ4v) is 7.07. The molecule has 0 aromatic carbocycles. The lowest BCUT2D eigenvalue weighted by Crippen LogP contribution is -2.50. The number of nitrogens with zero attached hydrogens (tertiary/aromatic N) is 1. The second-order valence-electron chi connectivity index (χ2n) is 17.3. The van der Waals surface area contributed by atoms with Gasteiger partial charge in [0.2, 0.25) is 0 Å². The van der Waals surface area contributed by atoms with Crippen LogP contribution in [0.5, 0.6) is 0 Å². The fraction of sp³-hybridized carbons (Fsp3) is 0.820. The Morgan fingerprint density at radius 3 is 1.43 bits per heavy atom. The number of likely N-dealkylation sites (N-methyl/N-ethyl adjacent to an activating group) is 1. The average Bonchev–Trinajstić information content (AvgIpc) is 3.18. The minimum Gasteiger partial charge on any atom is -0.477 e. The van der Waals surface area contributed by atoms with Crippen molar-refractivity contribution in [2.75, 3.05) is 41.0 Å².